The van der Waals surface area contributed by atoms with E-state index in [1.807, 2.05) is 0 Å². The summed E-state index contributed by atoms with van der Waals surface area (Å²) in [6.07, 6.45) is 2.09. The van der Waals surface area contributed by atoms with E-state index in [4.69, 9.17) is 4.74 Å². The Labute approximate surface area is 143 Å². The molecule has 0 bridgehead atoms. The van der Waals surface area contributed by atoms with Crippen molar-refractivity contribution >= 4 is 34.9 Å². The van der Waals surface area contributed by atoms with Crippen molar-refractivity contribution in [3.05, 3.63) is 34.7 Å². The van der Waals surface area contributed by atoms with Crippen LogP contribution in [0.1, 0.15) is 12.0 Å². The van der Waals surface area contributed by atoms with Gasteiger partial charge in [-0.3, -0.25) is 19.3 Å². The topological polar surface area (TPSA) is 95.9 Å². The standard InChI is InChI=1S/C16H18N2O5S/c1-23-8-4-7-17-14(20)10-18-15(21)13(24-16(18)22)9-11-5-2-3-6-12(11)19/h2-3,5-6,9,19H,4,7-8,10H2,1H3,(H,17,20)/b13-9-. The minimum Gasteiger partial charge on any atom is -0.507 e. The van der Waals surface area contributed by atoms with Crippen molar-refractivity contribution in [1.82, 2.24) is 10.2 Å². The summed E-state index contributed by atoms with van der Waals surface area (Å²) < 4.78 is 4.87. The van der Waals surface area contributed by atoms with Gasteiger partial charge >= 0.3 is 0 Å². The van der Waals surface area contributed by atoms with Gasteiger partial charge in [-0.1, -0.05) is 18.2 Å². The van der Waals surface area contributed by atoms with Gasteiger partial charge < -0.3 is 15.2 Å². The van der Waals surface area contributed by atoms with Crippen molar-refractivity contribution in [2.45, 2.75) is 6.42 Å². The molecule has 128 valence electrons. The van der Waals surface area contributed by atoms with Crippen molar-refractivity contribution < 1.29 is 24.2 Å². The van der Waals surface area contributed by atoms with Crippen molar-refractivity contribution in [3.63, 3.8) is 0 Å². The third-order valence-corrected chi connectivity index (χ3v) is 4.15. The quantitative estimate of drug-likeness (QED) is 0.573. The first kappa shape index (κ1) is 18.0. The Morgan fingerprint density at radius 2 is 2.12 bits per heavy atom. The number of nitrogens with zero attached hydrogens (tertiary/aromatic N) is 1. The molecule has 1 aromatic rings. The number of methoxy groups -OCH3 is 1. The third kappa shape index (κ3) is 4.59. The number of carbonyl (C=O) groups is 3. The number of benzene rings is 1. The van der Waals surface area contributed by atoms with Crippen molar-refractivity contribution in [1.29, 1.82) is 0 Å². The maximum atomic E-state index is 12.3. The molecule has 2 rings (SSSR count). The van der Waals surface area contributed by atoms with E-state index in [-0.39, 0.29) is 17.2 Å². The molecule has 0 radical (unpaired) electrons. The molecule has 0 saturated carbocycles. The summed E-state index contributed by atoms with van der Waals surface area (Å²) in [5.41, 5.74) is 0.437. The highest BCUT2D eigenvalue weighted by molar-refractivity contribution is 8.18. The number of ether oxygens (including phenoxy) is 1. The molecule has 2 N–H and O–H groups in total. The maximum Gasteiger partial charge on any atom is 0.294 e. The first-order chi connectivity index (χ1) is 11.5. The highest BCUT2D eigenvalue weighted by Gasteiger charge is 2.36. The average molecular weight is 350 g/mol. The van der Waals surface area contributed by atoms with Crippen LogP contribution < -0.4 is 5.32 Å². The minimum absolute atomic E-state index is 0.0141. The highest BCUT2D eigenvalue weighted by atomic mass is 32.2. The Bertz CT molecular complexity index is 674. The molecule has 1 saturated heterocycles. The molecule has 1 aliphatic rings. The lowest BCUT2D eigenvalue weighted by molar-refractivity contribution is -0.129. The van der Waals surface area contributed by atoms with Gasteiger partial charge in [0, 0.05) is 25.8 Å². The second-order valence-electron chi connectivity index (χ2n) is 5.02. The van der Waals surface area contributed by atoms with Gasteiger partial charge in [-0.2, -0.15) is 0 Å². The fraction of sp³-hybridized carbons (Fsp3) is 0.312. The van der Waals surface area contributed by atoms with E-state index in [9.17, 15) is 19.5 Å². The number of imide groups is 1. The second kappa shape index (κ2) is 8.51. The van der Waals surface area contributed by atoms with Gasteiger partial charge in [-0.15, -0.1) is 0 Å². The molecule has 3 amide bonds. The van der Waals surface area contributed by atoms with Crippen LogP contribution in [-0.4, -0.2) is 53.9 Å². The van der Waals surface area contributed by atoms with Gasteiger partial charge in [0.15, 0.2) is 0 Å². The van der Waals surface area contributed by atoms with Crippen molar-refractivity contribution in [2.24, 2.45) is 0 Å². The van der Waals surface area contributed by atoms with E-state index < -0.39 is 17.1 Å². The number of thioether (sulfide) groups is 1. The summed E-state index contributed by atoms with van der Waals surface area (Å²) in [6, 6.07) is 6.49. The third-order valence-electron chi connectivity index (χ3n) is 3.25. The summed E-state index contributed by atoms with van der Waals surface area (Å²) in [7, 11) is 1.57. The average Bonchev–Trinajstić information content (AvgIpc) is 2.81. The smallest absolute Gasteiger partial charge is 0.294 e. The fourth-order valence-corrected chi connectivity index (χ4v) is 2.86. The van der Waals surface area contributed by atoms with E-state index in [1.165, 1.54) is 12.1 Å². The molecule has 7 nitrogen and oxygen atoms in total. The predicted molar refractivity (Wildman–Crippen MR) is 90.3 cm³/mol. The molecular formula is C16H18N2O5S. The first-order valence-electron chi connectivity index (χ1n) is 7.32. The fourth-order valence-electron chi connectivity index (χ4n) is 2.03. The van der Waals surface area contributed by atoms with Crippen LogP contribution in [0, 0.1) is 0 Å². The summed E-state index contributed by atoms with van der Waals surface area (Å²) in [6.45, 7) is 0.609. The monoisotopic (exact) mass is 350 g/mol. The van der Waals surface area contributed by atoms with Gasteiger partial charge in [0.1, 0.15) is 12.3 Å². The lowest BCUT2D eigenvalue weighted by Gasteiger charge is -2.12. The van der Waals surface area contributed by atoms with Crippen LogP contribution >= 0.6 is 11.8 Å². The first-order valence-corrected chi connectivity index (χ1v) is 8.13. The van der Waals surface area contributed by atoms with E-state index in [1.54, 1.807) is 25.3 Å². The largest absolute Gasteiger partial charge is 0.507 e. The number of nitrogens with one attached hydrogen (secondary N) is 1. The SMILES string of the molecule is COCCCNC(=O)CN1C(=O)S/C(=C\c2ccccc2O)C1=O. The molecule has 1 fully saturated rings. The number of para-hydroxylation sites is 1. The van der Waals surface area contributed by atoms with Crippen molar-refractivity contribution in [3.8, 4) is 5.75 Å². The van der Waals surface area contributed by atoms with Crippen molar-refractivity contribution in [2.75, 3.05) is 26.8 Å². The van der Waals surface area contributed by atoms with Gasteiger partial charge in [-0.05, 0) is 30.3 Å². The zero-order chi connectivity index (χ0) is 17.5. The normalized spacial score (nSPS) is 16.0. The molecule has 0 aromatic heterocycles. The summed E-state index contributed by atoms with van der Waals surface area (Å²) in [5, 5.41) is 11.9. The number of hydrogen-bond acceptors (Lipinski definition) is 6. The second-order valence-corrected chi connectivity index (χ2v) is 6.02. The van der Waals surface area contributed by atoms with Crippen LogP contribution in [0.3, 0.4) is 0 Å². The molecule has 1 aromatic carbocycles. The zero-order valence-electron chi connectivity index (χ0n) is 13.2. The Kier molecular flexibility index (Phi) is 6.39. The molecular weight excluding hydrogens is 332 g/mol. The van der Waals surface area contributed by atoms with Gasteiger partial charge in [-0.25, -0.2) is 0 Å². The summed E-state index contributed by atoms with van der Waals surface area (Å²) in [5.74, 6) is -0.933. The Balaban J connectivity index is 1.99. The number of hydrogen-bond donors (Lipinski definition) is 2. The van der Waals surface area contributed by atoms with Crippen LogP contribution in [0.4, 0.5) is 4.79 Å². The lowest BCUT2D eigenvalue weighted by Crippen LogP contribution is -2.39. The number of amides is 3. The van der Waals surface area contributed by atoms with Gasteiger partial charge in [0.2, 0.25) is 5.91 Å². The van der Waals surface area contributed by atoms with E-state index in [2.05, 4.69) is 5.32 Å². The van der Waals surface area contributed by atoms with Gasteiger partial charge in [0.05, 0.1) is 4.91 Å². The van der Waals surface area contributed by atoms with Crippen LogP contribution in [-0.2, 0) is 14.3 Å². The number of carbonyl (C=O) groups excluding carboxylic acids is 3. The number of aromatic hydroxyl groups is 1. The molecule has 0 aliphatic carbocycles. The number of phenols is 1. The molecule has 8 heteroatoms. The number of phenolic OH excluding ortho intramolecular Hbond substituents is 1. The highest BCUT2D eigenvalue weighted by Crippen LogP contribution is 2.33. The lowest BCUT2D eigenvalue weighted by atomic mass is 10.2. The molecule has 1 heterocycles. The van der Waals surface area contributed by atoms with Crippen LogP contribution in [0.15, 0.2) is 29.2 Å². The molecule has 1 aliphatic heterocycles. The van der Waals surface area contributed by atoms with E-state index in [0.717, 1.165) is 16.7 Å². The minimum atomic E-state index is -0.541. The zero-order valence-corrected chi connectivity index (χ0v) is 14.0. The predicted octanol–water partition coefficient (Wildman–Crippen LogP) is 1.58. The molecule has 0 spiro atoms. The van der Waals surface area contributed by atoms with E-state index in [0.29, 0.717) is 25.1 Å². The Morgan fingerprint density at radius 3 is 2.83 bits per heavy atom. The van der Waals surface area contributed by atoms with E-state index >= 15 is 0 Å². The Hall–Kier alpha value is -2.32. The summed E-state index contributed by atoms with van der Waals surface area (Å²) >= 11 is 0.747. The number of rotatable bonds is 7. The van der Waals surface area contributed by atoms with Crippen LogP contribution in [0.2, 0.25) is 0 Å². The Morgan fingerprint density at radius 1 is 1.38 bits per heavy atom. The maximum absolute atomic E-state index is 12.3. The molecule has 24 heavy (non-hydrogen) atoms. The van der Waals surface area contributed by atoms with Crippen LogP contribution in [0.5, 0.6) is 5.75 Å². The van der Waals surface area contributed by atoms with Gasteiger partial charge in [0.25, 0.3) is 11.1 Å². The molecule has 0 unspecified atom stereocenters. The molecule has 0 atom stereocenters. The summed E-state index contributed by atoms with van der Waals surface area (Å²) in [4.78, 5) is 37.1. The van der Waals surface area contributed by atoms with Crippen LogP contribution in [0.25, 0.3) is 6.08 Å².